The second-order valence-corrected chi connectivity index (χ2v) is 5.22. The van der Waals surface area contributed by atoms with Gasteiger partial charge in [0.05, 0.1) is 13.2 Å². The zero-order valence-electron chi connectivity index (χ0n) is 12.0. The van der Waals surface area contributed by atoms with Gasteiger partial charge in [0.2, 0.25) is 0 Å². The van der Waals surface area contributed by atoms with Crippen LogP contribution in [0.4, 0.5) is 0 Å². The summed E-state index contributed by atoms with van der Waals surface area (Å²) >= 11 is 0. The predicted molar refractivity (Wildman–Crippen MR) is 77.6 cm³/mol. The Hall–Kier alpha value is -1.06. The lowest BCUT2D eigenvalue weighted by molar-refractivity contribution is 0.122. The molecule has 2 unspecified atom stereocenters. The van der Waals surface area contributed by atoms with E-state index >= 15 is 0 Å². The summed E-state index contributed by atoms with van der Waals surface area (Å²) in [6, 6.07) is 8.68. The Morgan fingerprint density at radius 3 is 3.00 bits per heavy atom. The maximum atomic E-state index is 5.75. The third kappa shape index (κ3) is 3.95. The first-order valence-corrected chi connectivity index (χ1v) is 7.35. The van der Waals surface area contributed by atoms with Gasteiger partial charge in [0.15, 0.2) is 0 Å². The third-order valence-electron chi connectivity index (χ3n) is 3.58. The lowest BCUT2D eigenvalue weighted by Gasteiger charge is -2.32. The molecule has 2 atom stereocenters. The van der Waals surface area contributed by atoms with Crippen molar-refractivity contribution in [2.24, 2.45) is 5.92 Å². The van der Waals surface area contributed by atoms with Crippen LogP contribution in [0, 0.1) is 5.92 Å². The van der Waals surface area contributed by atoms with Crippen LogP contribution in [-0.4, -0.2) is 26.4 Å². The summed E-state index contributed by atoms with van der Waals surface area (Å²) in [5.41, 5.74) is 1.27. The van der Waals surface area contributed by atoms with Crippen LogP contribution in [-0.2, 0) is 4.74 Å². The average molecular weight is 263 g/mol. The van der Waals surface area contributed by atoms with Gasteiger partial charge in [-0.2, -0.15) is 0 Å². The van der Waals surface area contributed by atoms with Crippen LogP contribution in [0.15, 0.2) is 24.3 Å². The highest BCUT2D eigenvalue weighted by atomic mass is 16.5. The van der Waals surface area contributed by atoms with Gasteiger partial charge < -0.3 is 14.8 Å². The molecule has 1 aromatic rings. The average Bonchev–Trinajstić information content (AvgIpc) is 2.44. The highest BCUT2D eigenvalue weighted by molar-refractivity contribution is 5.37. The van der Waals surface area contributed by atoms with Crippen molar-refractivity contribution in [3.8, 4) is 5.75 Å². The fourth-order valence-corrected chi connectivity index (χ4v) is 2.44. The zero-order chi connectivity index (χ0) is 13.5. The van der Waals surface area contributed by atoms with Crippen molar-refractivity contribution >= 4 is 0 Å². The summed E-state index contributed by atoms with van der Waals surface area (Å²) in [4.78, 5) is 0. The van der Waals surface area contributed by atoms with Crippen LogP contribution in [0.5, 0.6) is 5.75 Å². The largest absolute Gasteiger partial charge is 0.493 e. The molecule has 0 fully saturated rings. The van der Waals surface area contributed by atoms with Gasteiger partial charge in [-0.3, -0.25) is 0 Å². The van der Waals surface area contributed by atoms with Crippen LogP contribution in [0.3, 0.4) is 0 Å². The van der Waals surface area contributed by atoms with E-state index in [1.54, 1.807) is 0 Å². The number of fused-ring (bicyclic) bond motifs is 1. The summed E-state index contributed by atoms with van der Waals surface area (Å²) in [5.74, 6) is 1.51. The Kier molecular flexibility index (Phi) is 5.67. The van der Waals surface area contributed by atoms with Gasteiger partial charge in [-0.1, -0.05) is 38.5 Å². The predicted octanol–water partition coefficient (Wildman–Crippen LogP) is 3.16. The van der Waals surface area contributed by atoms with Crippen LogP contribution in [0.1, 0.15) is 38.3 Å². The summed E-state index contributed by atoms with van der Waals surface area (Å²) in [6.45, 7) is 7.75. The molecule has 0 amide bonds. The van der Waals surface area contributed by atoms with Crippen LogP contribution >= 0.6 is 0 Å². The molecule has 106 valence electrons. The highest BCUT2D eigenvalue weighted by Crippen LogP contribution is 2.34. The molecule has 1 aromatic carbocycles. The number of hydrogen-bond acceptors (Lipinski definition) is 3. The van der Waals surface area contributed by atoms with E-state index in [1.165, 1.54) is 12.0 Å². The van der Waals surface area contributed by atoms with Crippen LogP contribution in [0.2, 0.25) is 0 Å². The van der Waals surface area contributed by atoms with E-state index in [0.29, 0.717) is 12.0 Å². The Balaban J connectivity index is 1.82. The Labute approximate surface area is 116 Å². The first kappa shape index (κ1) is 14.4. The van der Waals surface area contributed by atoms with Crippen molar-refractivity contribution in [1.82, 2.24) is 5.32 Å². The third-order valence-corrected chi connectivity index (χ3v) is 3.58. The molecule has 19 heavy (non-hydrogen) atoms. The molecule has 0 aliphatic carbocycles. The molecule has 1 N–H and O–H groups in total. The Morgan fingerprint density at radius 2 is 2.16 bits per heavy atom. The smallest absolute Gasteiger partial charge is 0.124 e. The molecule has 2 rings (SSSR count). The minimum absolute atomic E-state index is 0.375. The van der Waals surface area contributed by atoms with Gasteiger partial charge in [-0.25, -0.2) is 0 Å². The Bertz CT molecular complexity index is 381. The normalized spacial score (nSPS) is 21.8. The molecule has 0 aromatic heterocycles. The SMILES string of the molecule is CCCCOCCNC1c2ccccc2OCC1C. The van der Waals surface area contributed by atoms with Crippen LogP contribution in [0.25, 0.3) is 0 Å². The lowest BCUT2D eigenvalue weighted by Crippen LogP contribution is -2.35. The number of benzene rings is 1. The monoisotopic (exact) mass is 263 g/mol. The van der Waals surface area contributed by atoms with Crippen molar-refractivity contribution in [1.29, 1.82) is 0 Å². The molecule has 0 saturated heterocycles. The maximum Gasteiger partial charge on any atom is 0.124 e. The van der Waals surface area contributed by atoms with Gasteiger partial charge in [-0.15, -0.1) is 0 Å². The standard InChI is InChI=1S/C16H25NO2/c1-3-4-10-18-11-9-17-16-13(2)12-19-15-8-6-5-7-14(15)16/h5-8,13,16-17H,3-4,9-12H2,1-2H3. The first-order chi connectivity index (χ1) is 9.33. The zero-order valence-corrected chi connectivity index (χ0v) is 12.0. The van der Waals surface area contributed by atoms with E-state index in [9.17, 15) is 0 Å². The van der Waals surface area contributed by atoms with E-state index in [-0.39, 0.29) is 0 Å². The number of ether oxygens (including phenoxy) is 2. The number of unbranched alkanes of at least 4 members (excludes halogenated alkanes) is 1. The summed E-state index contributed by atoms with van der Waals surface area (Å²) in [5, 5.41) is 3.60. The second kappa shape index (κ2) is 7.51. The molecular formula is C16H25NO2. The van der Waals surface area contributed by atoms with Gasteiger partial charge in [0.25, 0.3) is 0 Å². The topological polar surface area (TPSA) is 30.5 Å². The summed E-state index contributed by atoms with van der Waals surface area (Å²) in [7, 11) is 0. The molecule has 1 heterocycles. The van der Waals surface area contributed by atoms with Crippen molar-refractivity contribution < 1.29 is 9.47 Å². The van der Waals surface area contributed by atoms with Crippen molar-refractivity contribution in [3.63, 3.8) is 0 Å². The van der Waals surface area contributed by atoms with E-state index < -0.39 is 0 Å². The highest BCUT2D eigenvalue weighted by Gasteiger charge is 2.26. The fraction of sp³-hybridized carbons (Fsp3) is 0.625. The molecule has 3 heteroatoms. The van der Waals surface area contributed by atoms with E-state index in [0.717, 1.165) is 38.5 Å². The molecule has 3 nitrogen and oxygen atoms in total. The molecule has 0 saturated carbocycles. The first-order valence-electron chi connectivity index (χ1n) is 7.35. The van der Waals surface area contributed by atoms with E-state index in [4.69, 9.17) is 9.47 Å². The molecular weight excluding hydrogens is 238 g/mol. The second-order valence-electron chi connectivity index (χ2n) is 5.22. The van der Waals surface area contributed by atoms with Crippen molar-refractivity contribution in [3.05, 3.63) is 29.8 Å². The quantitative estimate of drug-likeness (QED) is 0.767. The van der Waals surface area contributed by atoms with E-state index in [2.05, 4.69) is 31.3 Å². The van der Waals surface area contributed by atoms with Gasteiger partial charge >= 0.3 is 0 Å². The maximum absolute atomic E-state index is 5.75. The van der Waals surface area contributed by atoms with Gasteiger partial charge in [0, 0.05) is 30.7 Å². The number of para-hydroxylation sites is 1. The molecule has 1 aliphatic rings. The molecule has 0 radical (unpaired) electrons. The van der Waals surface area contributed by atoms with Gasteiger partial charge in [-0.05, 0) is 12.5 Å². The van der Waals surface area contributed by atoms with E-state index in [1.807, 2.05) is 12.1 Å². The number of hydrogen-bond donors (Lipinski definition) is 1. The molecule has 0 bridgehead atoms. The fourth-order valence-electron chi connectivity index (χ4n) is 2.44. The number of nitrogens with one attached hydrogen (secondary N) is 1. The lowest BCUT2D eigenvalue weighted by atomic mass is 9.92. The Morgan fingerprint density at radius 1 is 1.32 bits per heavy atom. The molecule has 0 spiro atoms. The number of rotatable bonds is 7. The summed E-state index contributed by atoms with van der Waals surface area (Å²) in [6.07, 6.45) is 2.34. The molecule has 1 aliphatic heterocycles. The van der Waals surface area contributed by atoms with Gasteiger partial charge in [0.1, 0.15) is 5.75 Å². The summed E-state index contributed by atoms with van der Waals surface area (Å²) < 4.78 is 11.3. The minimum atomic E-state index is 0.375. The van der Waals surface area contributed by atoms with Crippen LogP contribution < -0.4 is 10.1 Å². The van der Waals surface area contributed by atoms with Crippen molar-refractivity contribution in [2.75, 3.05) is 26.4 Å². The minimum Gasteiger partial charge on any atom is -0.493 e. The van der Waals surface area contributed by atoms with Crippen molar-refractivity contribution in [2.45, 2.75) is 32.7 Å².